The van der Waals surface area contributed by atoms with Crippen molar-refractivity contribution in [3.8, 4) is 32.3 Å². The Morgan fingerprint density at radius 3 is 2.27 bits per heavy atom. The predicted octanol–water partition coefficient (Wildman–Crippen LogP) is 4.53. The highest BCUT2D eigenvalue weighted by atomic mass is 32.1. The molecule has 0 aliphatic rings. The minimum absolute atomic E-state index is 0.393. The van der Waals surface area contributed by atoms with Crippen LogP contribution in [-0.4, -0.2) is 15.0 Å². The SMILES string of the molecule is Cc1nc(-c2ccc(-c3ccccc3)cc2)sc1-c1ccnc(NN)n1. The number of nitrogens with zero attached hydrogens (tertiary/aromatic N) is 3. The van der Waals surface area contributed by atoms with Crippen LogP contribution in [0.4, 0.5) is 5.95 Å². The van der Waals surface area contributed by atoms with Crippen LogP contribution in [-0.2, 0) is 0 Å². The molecular weight excluding hydrogens is 342 g/mol. The third-order valence-corrected chi connectivity index (χ3v) is 5.28. The van der Waals surface area contributed by atoms with Gasteiger partial charge in [-0.1, -0.05) is 54.6 Å². The predicted molar refractivity (Wildman–Crippen MR) is 107 cm³/mol. The highest BCUT2D eigenvalue weighted by Gasteiger charge is 2.13. The van der Waals surface area contributed by atoms with Crippen molar-refractivity contribution in [2.45, 2.75) is 6.92 Å². The van der Waals surface area contributed by atoms with Crippen molar-refractivity contribution in [2.75, 3.05) is 5.43 Å². The highest BCUT2D eigenvalue weighted by molar-refractivity contribution is 7.18. The summed E-state index contributed by atoms with van der Waals surface area (Å²) < 4.78 is 0. The lowest BCUT2D eigenvalue weighted by molar-refractivity contribution is 1.12. The molecule has 128 valence electrons. The molecule has 0 unspecified atom stereocenters. The van der Waals surface area contributed by atoms with Gasteiger partial charge in [0, 0.05) is 11.8 Å². The van der Waals surface area contributed by atoms with Crippen molar-refractivity contribution in [3.63, 3.8) is 0 Å². The third kappa shape index (κ3) is 3.20. The Morgan fingerprint density at radius 1 is 0.846 bits per heavy atom. The molecule has 4 rings (SSSR count). The lowest BCUT2D eigenvalue weighted by Gasteiger charge is -2.02. The third-order valence-electron chi connectivity index (χ3n) is 4.05. The maximum absolute atomic E-state index is 5.41. The first-order chi connectivity index (χ1) is 12.7. The van der Waals surface area contributed by atoms with Crippen molar-refractivity contribution >= 4 is 17.3 Å². The van der Waals surface area contributed by atoms with Crippen molar-refractivity contribution < 1.29 is 0 Å². The molecule has 6 heteroatoms. The summed E-state index contributed by atoms with van der Waals surface area (Å²) in [5, 5.41) is 0.970. The summed E-state index contributed by atoms with van der Waals surface area (Å²) in [6.45, 7) is 1.99. The van der Waals surface area contributed by atoms with Crippen LogP contribution in [0.2, 0.25) is 0 Å². The maximum atomic E-state index is 5.41. The van der Waals surface area contributed by atoms with Crippen molar-refractivity contribution in [1.82, 2.24) is 15.0 Å². The molecule has 2 aromatic carbocycles. The monoisotopic (exact) mass is 359 g/mol. The second-order valence-electron chi connectivity index (χ2n) is 5.79. The molecule has 4 aromatic rings. The van der Waals surface area contributed by atoms with Crippen molar-refractivity contribution in [1.29, 1.82) is 0 Å². The van der Waals surface area contributed by atoms with Crippen LogP contribution >= 0.6 is 11.3 Å². The lowest BCUT2D eigenvalue weighted by atomic mass is 10.0. The molecule has 0 spiro atoms. The number of aryl methyl sites for hydroxylation is 1. The topological polar surface area (TPSA) is 76.7 Å². The normalized spacial score (nSPS) is 10.7. The van der Waals surface area contributed by atoms with Crippen LogP contribution in [0, 0.1) is 6.92 Å². The second kappa shape index (κ2) is 7.03. The van der Waals surface area contributed by atoms with Gasteiger partial charge in [-0.3, -0.25) is 5.43 Å². The van der Waals surface area contributed by atoms with Gasteiger partial charge in [0.05, 0.1) is 16.3 Å². The molecule has 0 aliphatic carbocycles. The number of benzene rings is 2. The number of nitrogen functional groups attached to an aromatic ring is 1. The Hall–Kier alpha value is -3.09. The molecule has 0 fully saturated rings. The minimum atomic E-state index is 0.393. The van der Waals surface area contributed by atoms with Crippen molar-refractivity contribution in [3.05, 3.63) is 72.6 Å². The molecule has 0 bridgehead atoms. The quantitative estimate of drug-likeness (QED) is 0.413. The average Bonchev–Trinajstić information content (AvgIpc) is 3.10. The molecule has 26 heavy (non-hydrogen) atoms. The molecule has 0 saturated heterocycles. The number of hydrogen-bond donors (Lipinski definition) is 2. The van der Waals surface area contributed by atoms with Gasteiger partial charge >= 0.3 is 0 Å². The summed E-state index contributed by atoms with van der Waals surface area (Å²) in [4.78, 5) is 14.2. The summed E-state index contributed by atoms with van der Waals surface area (Å²) in [6.07, 6.45) is 1.69. The van der Waals surface area contributed by atoms with Gasteiger partial charge in [0.2, 0.25) is 5.95 Å². The van der Waals surface area contributed by atoms with E-state index < -0.39 is 0 Å². The number of hydrogen-bond acceptors (Lipinski definition) is 6. The maximum Gasteiger partial charge on any atom is 0.237 e. The van der Waals surface area contributed by atoms with E-state index in [4.69, 9.17) is 10.8 Å². The Kier molecular flexibility index (Phi) is 4.43. The minimum Gasteiger partial charge on any atom is -0.292 e. The number of hydrazine groups is 1. The zero-order valence-corrected chi connectivity index (χ0v) is 15.0. The van der Waals surface area contributed by atoms with E-state index in [-0.39, 0.29) is 0 Å². The van der Waals surface area contributed by atoms with E-state index in [2.05, 4.69) is 51.8 Å². The number of rotatable bonds is 4. The van der Waals surface area contributed by atoms with Crippen molar-refractivity contribution in [2.24, 2.45) is 5.84 Å². The van der Waals surface area contributed by atoms with Gasteiger partial charge in [0.25, 0.3) is 0 Å². The number of nitrogens with one attached hydrogen (secondary N) is 1. The van der Waals surface area contributed by atoms with Gasteiger partial charge in [-0.2, -0.15) is 0 Å². The Bertz CT molecular complexity index is 1030. The second-order valence-corrected chi connectivity index (χ2v) is 6.79. The zero-order valence-electron chi connectivity index (χ0n) is 14.2. The molecule has 2 aromatic heterocycles. The van der Waals surface area contributed by atoms with E-state index in [1.54, 1.807) is 17.5 Å². The molecule has 0 aliphatic heterocycles. The summed E-state index contributed by atoms with van der Waals surface area (Å²) in [5.74, 6) is 5.80. The number of nitrogens with two attached hydrogens (primary N) is 1. The van der Waals surface area contributed by atoms with Gasteiger partial charge in [-0.15, -0.1) is 11.3 Å². The van der Waals surface area contributed by atoms with Crippen LogP contribution < -0.4 is 11.3 Å². The zero-order chi connectivity index (χ0) is 17.9. The fraction of sp³-hybridized carbons (Fsp3) is 0.0500. The molecule has 0 radical (unpaired) electrons. The Morgan fingerprint density at radius 2 is 1.54 bits per heavy atom. The standard InChI is InChI=1S/C20H17N5S/c1-13-18(17-11-12-22-20(24-17)25-21)26-19(23-13)16-9-7-15(8-10-16)14-5-3-2-4-6-14/h2-12H,21H2,1H3,(H,22,24,25). The van der Waals surface area contributed by atoms with E-state index in [1.807, 2.05) is 31.2 Å². The summed E-state index contributed by atoms with van der Waals surface area (Å²) in [5.41, 5.74) is 7.73. The van der Waals surface area contributed by atoms with Gasteiger partial charge in [0.15, 0.2) is 0 Å². The summed E-state index contributed by atoms with van der Waals surface area (Å²) >= 11 is 1.62. The molecular formula is C20H17N5S. The molecule has 2 heterocycles. The molecule has 5 nitrogen and oxygen atoms in total. The average molecular weight is 359 g/mol. The first kappa shape index (κ1) is 16.4. The summed E-state index contributed by atoms with van der Waals surface area (Å²) in [6, 6.07) is 20.7. The van der Waals surface area contributed by atoms with Crippen LogP contribution in [0.25, 0.3) is 32.3 Å². The van der Waals surface area contributed by atoms with Gasteiger partial charge in [-0.05, 0) is 24.1 Å². The fourth-order valence-corrected chi connectivity index (χ4v) is 3.79. The van der Waals surface area contributed by atoms with Gasteiger partial charge in [-0.25, -0.2) is 20.8 Å². The first-order valence-electron chi connectivity index (χ1n) is 8.18. The highest BCUT2D eigenvalue weighted by Crippen LogP contribution is 2.35. The van der Waals surface area contributed by atoms with E-state index in [1.165, 1.54) is 11.1 Å². The van der Waals surface area contributed by atoms with Crippen LogP contribution in [0.3, 0.4) is 0 Å². The Labute approximate surface area is 155 Å². The largest absolute Gasteiger partial charge is 0.292 e. The molecule has 3 N–H and O–H groups in total. The first-order valence-corrected chi connectivity index (χ1v) is 8.99. The van der Waals surface area contributed by atoms with E-state index >= 15 is 0 Å². The van der Waals surface area contributed by atoms with Crippen LogP contribution in [0.1, 0.15) is 5.69 Å². The smallest absolute Gasteiger partial charge is 0.237 e. The van der Waals surface area contributed by atoms with Crippen LogP contribution in [0.15, 0.2) is 66.9 Å². The fourth-order valence-electron chi connectivity index (χ4n) is 2.75. The lowest BCUT2D eigenvalue weighted by Crippen LogP contribution is -2.10. The van der Waals surface area contributed by atoms with E-state index in [9.17, 15) is 0 Å². The number of thiazole rings is 1. The van der Waals surface area contributed by atoms with E-state index in [0.717, 1.165) is 26.8 Å². The van der Waals surface area contributed by atoms with Gasteiger partial charge in [0.1, 0.15) is 5.01 Å². The number of anilines is 1. The van der Waals surface area contributed by atoms with Gasteiger partial charge < -0.3 is 0 Å². The van der Waals surface area contributed by atoms with Crippen LogP contribution in [0.5, 0.6) is 0 Å². The summed E-state index contributed by atoms with van der Waals surface area (Å²) in [7, 11) is 0. The van der Waals surface area contributed by atoms with E-state index in [0.29, 0.717) is 5.95 Å². The molecule has 0 saturated carbocycles. The molecule has 0 amide bonds. The molecule has 0 atom stereocenters. The number of aromatic nitrogens is 3. The Balaban J connectivity index is 1.67.